The molecule has 0 aromatic heterocycles. The minimum atomic E-state index is -0.450. The normalized spacial score (nSPS) is 31.1. The number of allylic oxidation sites excluding steroid dienone is 2. The molecule has 0 spiro atoms. The van der Waals surface area contributed by atoms with Crippen molar-refractivity contribution < 1.29 is 43.1 Å². The van der Waals surface area contributed by atoms with Gasteiger partial charge in [-0.1, -0.05) is 17.7 Å². The highest BCUT2D eigenvalue weighted by Gasteiger charge is 2.45. The zero-order valence-corrected chi connectivity index (χ0v) is 19.9. The number of carbonyl (C=O) groups is 2. The van der Waals surface area contributed by atoms with Gasteiger partial charge >= 0.3 is 11.9 Å². The number of aliphatic hydroxyl groups excluding tert-OH is 1. The average Bonchev–Trinajstić information content (AvgIpc) is 3.51. The molecule has 0 bridgehead atoms. The fourth-order valence-electron chi connectivity index (χ4n) is 5.06. The minimum Gasteiger partial charge on any atom is -0.471 e. The Morgan fingerprint density at radius 2 is 1.32 bits per heavy atom. The van der Waals surface area contributed by atoms with Crippen molar-refractivity contribution in [3.63, 3.8) is 0 Å². The van der Waals surface area contributed by atoms with E-state index in [9.17, 15) is 14.7 Å². The van der Waals surface area contributed by atoms with Crippen LogP contribution >= 0.6 is 0 Å². The highest BCUT2D eigenvalue weighted by atomic mass is 16.7. The largest absolute Gasteiger partial charge is 0.471 e. The predicted octanol–water partition coefficient (Wildman–Crippen LogP) is 1.17. The fraction of sp³-hybridized carbons (Fsp3) is 0.583. The number of carbonyl (C=O) groups excluding carboxylic acids is 2. The number of hydrogen-bond donors (Lipinski definition) is 2. The molecule has 10 nitrogen and oxygen atoms in total. The summed E-state index contributed by atoms with van der Waals surface area (Å²) in [5, 5.41) is 9.29. The Bertz CT molecular complexity index is 819. The zero-order valence-electron chi connectivity index (χ0n) is 19.9. The Morgan fingerprint density at radius 1 is 0.882 bits per heavy atom. The third-order valence-corrected chi connectivity index (χ3v) is 6.76. The van der Waals surface area contributed by atoms with E-state index in [0.717, 1.165) is 17.6 Å². The monoisotopic (exact) mass is 479 g/mol. The number of fused-ring (bicyclic) bond motifs is 2. The molecule has 0 radical (unpaired) electrons. The minimum absolute atomic E-state index is 0.0177. The van der Waals surface area contributed by atoms with E-state index < -0.39 is 6.29 Å². The van der Waals surface area contributed by atoms with Crippen LogP contribution in [0.2, 0.25) is 0 Å². The maximum atomic E-state index is 11.6. The molecule has 10 heteroatoms. The van der Waals surface area contributed by atoms with Gasteiger partial charge in [0.2, 0.25) is 12.6 Å². The lowest BCUT2D eigenvalue weighted by Crippen LogP contribution is -2.37. The molecule has 34 heavy (non-hydrogen) atoms. The van der Waals surface area contributed by atoms with Crippen LogP contribution in [-0.2, 0) is 38.0 Å². The Kier molecular flexibility index (Phi) is 8.90. The lowest BCUT2D eigenvalue weighted by Gasteiger charge is -2.33. The quantitative estimate of drug-likeness (QED) is 0.422. The van der Waals surface area contributed by atoms with Crippen LogP contribution in [0.3, 0.4) is 0 Å². The molecule has 3 N–H and O–H groups in total. The van der Waals surface area contributed by atoms with Crippen molar-refractivity contribution in [3.8, 4) is 0 Å². The van der Waals surface area contributed by atoms with Crippen LogP contribution in [-0.4, -0.2) is 71.2 Å². The Balaban J connectivity index is 0.000000191. The van der Waals surface area contributed by atoms with Gasteiger partial charge < -0.3 is 39.3 Å². The molecule has 0 fully saturated rings. The number of aliphatic hydroxyl groups is 1. The van der Waals surface area contributed by atoms with Crippen LogP contribution in [0.5, 0.6) is 0 Å². The molecule has 0 amide bonds. The molecular weight excluding hydrogens is 446 g/mol. The van der Waals surface area contributed by atoms with Crippen molar-refractivity contribution in [2.75, 3.05) is 41.6 Å². The van der Waals surface area contributed by atoms with Crippen molar-refractivity contribution in [2.24, 2.45) is 29.4 Å². The molecule has 188 valence electrons. The second-order valence-corrected chi connectivity index (χ2v) is 8.27. The first kappa shape index (κ1) is 26.0. The van der Waals surface area contributed by atoms with E-state index >= 15 is 0 Å². The van der Waals surface area contributed by atoms with Crippen LogP contribution in [0, 0.1) is 23.7 Å². The molecule has 6 atom stereocenters. The smallest absolute Gasteiger partial charge is 0.337 e. The van der Waals surface area contributed by atoms with Crippen molar-refractivity contribution in [1.82, 2.24) is 0 Å². The topological polar surface area (TPSA) is 136 Å². The molecule has 4 rings (SSSR count). The molecule has 4 aliphatic rings. The zero-order chi connectivity index (χ0) is 24.8. The van der Waals surface area contributed by atoms with E-state index in [1.165, 1.54) is 26.7 Å². The second kappa shape index (κ2) is 11.7. The van der Waals surface area contributed by atoms with E-state index in [1.54, 1.807) is 14.2 Å². The lowest BCUT2D eigenvalue weighted by atomic mass is 9.83. The summed E-state index contributed by atoms with van der Waals surface area (Å²) in [5.41, 5.74) is 8.70. The maximum Gasteiger partial charge on any atom is 0.337 e. The van der Waals surface area contributed by atoms with E-state index in [4.69, 9.17) is 34.2 Å². The van der Waals surface area contributed by atoms with Gasteiger partial charge in [0.25, 0.3) is 0 Å². The van der Waals surface area contributed by atoms with Gasteiger partial charge in [-0.2, -0.15) is 0 Å². The fourth-order valence-corrected chi connectivity index (χ4v) is 5.06. The summed E-state index contributed by atoms with van der Waals surface area (Å²) in [6.45, 7) is 0.414. The maximum absolute atomic E-state index is 11.6. The SMILES string of the molecule is COC(=O)C1=COC(OC)C2C(CN)=CCC12.COC(=O)C1=COC(OC)C2C(CO)=CCC12. The second-order valence-electron chi connectivity index (χ2n) is 8.27. The van der Waals surface area contributed by atoms with Gasteiger partial charge in [0.15, 0.2) is 0 Å². The van der Waals surface area contributed by atoms with E-state index in [-0.39, 0.29) is 48.5 Å². The summed E-state index contributed by atoms with van der Waals surface area (Å²) in [5.74, 6) is -0.792. The van der Waals surface area contributed by atoms with Crippen LogP contribution in [0.1, 0.15) is 12.8 Å². The first-order valence-corrected chi connectivity index (χ1v) is 11.1. The highest BCUT2D eigenvalue weighted by molar-refractivity contribution is 5.89. The summed E-state index contributed by atoms with van der Waals surface area (Å²) in [6, 6.07) is 0. The van der Waals surface area contributed by atoms with Crippen LogP contribution in [0.15, 0.2) is 47.0 Å². The molecule has 2 aliphatic heterocycles. The molecule has 6 unspecified atom stereocenters. The molecular formula is C24H33NO9. The summed E-state index contributed by atoms with van der Waals surface area (Å²) < 4.78 is 30.8. The van der Waals surface area contributed by atoms with E-state index in [2.05, 4.69) is 6.08 Å². The third kappa shape index (κ3) is 4.90. The van der Waals surface area contributed by atoms with Gasteiger partial charge in [-0.25, -0.2) is 9.59 Å². The first-order chi connectivity index (χ1) is 16.4. The summed E-state index contributed by atoms with van der Waals surface area (Å²) >= 11 is 0. The van der Waals surface area contributed by atoms with Gasteiger partial charge in [0.05, 0.1) is 56.3 Å². The summed E-state index contributed by atoms with van der Waals surface area (Å²) in [7, 11) is 5.85. The van der Waals surface area contributed by atoms with E-state index in [0.29, 0.717) is 24.1 Å². The molecule has 2 heterocycles. The lowest BCUT2D eigenvalue weighted by molar-refractivity contribution is -0.147. The number of nitrogens with two attached hydrogens (primary N) is 1. The number of ether oxygens (including phenoxy) is 6. The van der Waals surface area contributed by atoms with Crippen LogP contribution < -0.4 is 5.73 Å². The number of esters is 2. The number of hydrogen-bond acceptors (Lipinski definition) is 10. The van der Waals surface area contributed by atoms with Crippen LogP contribution in [0.25, 0.3) is 0 Å². The number of methoxy groups -OCH3 is 4. The Morgan fingerprint density at radius 3 is 1.71 bits per heavy atom. The van der Waals surface area contributed by atoms with E-state index in [1.807, 2.05) is 6.08 Å². The van der Waals surface area contributed by atoms with Gasteiger partial charge in [0.1, 0.15) is 0 Å². The van der Waals surface area contributed by atoms with Crippen molar-refractivity contribution in [1.29, 1.82) is 0 Å². The number of rotatable bonds is 6. The van der Waals surface area contributed by atoms with Crippen molar-refractivity contribution >= 4 is 11.9 Å². The molecule has 2 aliphatic carbocycles. The summed E-state index contributed by atoms with van der Waals surface area (Å²) in [6.07, 6.45) is 7.52. The molecule has 0 saturated heterocycles. The molecule has 0 aromatic carbocycles. The van der Waals surface area contributed by atoms with Crippen molar-refractivity contribution in [2.45, 2.75) is 25.4 Å². The standard InChI is InChI=1S/C12H17NO4.C12H16O5/c2*1-15-11(14)9-6-17-12(16-2)10-7(5-13)3-4-8(9)10/h3,6,8,10,12H,4-5,13H2,1-2H3;3,6,8,10,12-13H,4-5H2,1-2H3. The third-order valence-electron chi connectivity index (χ3n) is 6.76. The van der Waals surface area contributed by atoms with Gasteiger partial charge in [-0.3, -0.25) is 0 Å². The van der Waals surface area contributed by atoms with Gasteiger partial charge in [-0.05, 0) is 18.4 Å². The Hall–Kier alpha value is -2.66. The van der Waals surface area contributed by atoms with Crippen molar-refractivity contribution in [3.05, 3.63) is 47.0 Å². The van der Waals surface area contributed by atoms with Crippen LogP contribution in [0.4, 0.5) is 0 Å². The molecule has 0 saturated carbocycles. The Labute approximate surface area is 198 Å². The first-order valence-electron chi connectivity index (χ1n) is 11.1. The van der Waals surface area contributed by atoms with Gasteiger partial charge in [0, 0.05) is 32.6 Å². The predicted molar refractivity (Wildman–Crippen MR) is 119 cm³/mol. The average molecular weight is 480 g/mol. The van der Waals surface area contributed by atoms with Gasteiger partial charge in [-0.15, -0.1) is 0 Å². The molecule has 0 aromatic rings. The highest BCUT2D eigenvalue weighted by Crippen LogP contribution is 2.44. The summed E-state index contributed by atoms with van der Waals surface area (Å²) in [4.78, 5) is 23.2.